The van der Waals surface area contributed by atoms with Gasteiger partial charge in [-0.25, -0.2) is 4.98 Å². The summed E-state index contributed by atoms with van der Waals surface area (Å²) in [5.41, 5.74) is 1.97. The van der Waals surface area contributed by atoms with Gasteiger partial charge in [-0.15, -0.1) is 0 Å². The van der Waals surface area contributed by atoms with E-state index >= 15 is 0 Å². The van der Waals surface area contributed by atoms with E-state index in [9.17, 15) is 4.79 Å². The SMILES string of the molecule is C=C1CCCC(CC)(C(=O)NCC2CCC(Nc3nc(N(C)C)c4ccccc4n3)CC2)C1. The Morgan fingerprint density at radius 2 is 1.94 bits per heavy atom. The van der Waals surface area contributed by atoms with Crippen molar-refractivity contribution in [1.29, 1.82) is 0 Å². The molecule has 0 bridgehead atoms. The molecule has 178 valence electrons. The summed E-state index contributed by atoms with van der Waals surface area (Å²) >= 11 is 0. The molecule has 2 aromatic rings. The van der Waals surface area contributed by atoms with E-state index in [4.69, 9.17) is 9.97 Å². The number of aromatic nitrogens is 2. The lowest BCUT2D eigenvalue weighted by molar-refractivity contribution is -0.132. The average molecular weight is 450 g/mol. The summed E-state index contributed by atoms with van der Waals surface area (Å²) in [5, 5.41) is 7.96. The van der Waals surface area contributed by atoms with Gasteiger partial charge >= 0.3 is 0 Å². The summed E-state index contributed by atoms with van der Waals surface area (Å²) in [6.45, 7) is 7.10. The second-order valence-corrected chi connectivity index (χ2v) is 10.3. The van der Waals surface area contributed by atoms with Gasteiger partial charge in [-0.2, -0.15) is 4.98 Å². The quantitative estimate of drug-likeness (QED) is 0.561. The lowest BCUT2D eigenvalue weighted by Crippen LogP contribution is -2.44. The van der Waals surface area contributed by atoms with Crippen LogP contribution in [0.15, 0.2) is 36.4 Å². The first-order valence-corrected chi connectivity index (χ1v) is 12.6. The van der Waals surface area contributed by atoms with Crippen LogP contribution in [0.3, 0.4) is 0 Å². The summed E-state index contributed by atoms with van der Waals surface area (Å²) in [4.78, 5) is 24.6. The van der Waals surface area contributed by atoms with Crippen LogP contribution in [-0.4, -0.2) is 42.6 Å². The Hall–Kier alpha value is -2.63. The van der Waals surface area contributed by atoms with Crippen molar-refractivity contribution in [1.82, 2.24) is 15.3 Å². The van der Waals surface area contributed by atoms with Gasteiger partial charge in [-0.1, -0.05) is 31.2 Å². The van der Waals surface area contributed by atoms with Crippen LogP contribution in [0.5, 0.6) is 0 Å². The summed E-state index contributed by atoms with van der Waals surface area (Å²) < 4.78 is 0. The molecule has 1 amide bonds. The first-order chi connectivity index (χ1) is 15.9. The maximum Gasteiger partial charge on any atom is 0.226 e. The number of nitrogens with zero attached hydrogens (tertiary/aromatic N) is 3. The molecule has 1 heterocycles. The van der Waals surface area contributed by atoms with Crippen LogP contribution in [0.2, 0.25) is 0 Å². The molecule has 0 saturated heterocycles. The molecule has 1 aromatic heterocycles. The van der Waals surface area contributed by atoms with E-state index in [1.165, 1.54) is 5.57 Å². The fourth-order valence-corrected chi connectivity index (χ4v) is 5.57. The lowest BCUT2D eigenvalue weighted by atomic mass is 9.70. The van der Waals surface area contributed by atoms with E-state index in [1.54, 1.807) is 0 Å². The number of amides is 1. The molecule has 0 radical (unpaired) electrons. The van der Waals surface area contributed by atoms with Crippen molar-refractivity contribution in [3.8, 4) is 0 Å². The molecule has 2 fully saturated rings. The van der Waals surface area contributed by atoms with Gasteiger partial charge in [0, 0.05) is 32.1 Å². The highest BCUT2D eigenvalue weighted by atomic mass is 16.2. The van der Waals surface area contributed by atoms with E-state index in [-0.39, 0.29) is 11.3 Å². The molecule has 0 aliphatic heterocycles. The van der Waals surface area contributed by atoms with Crippen LogP contribution in [0.25, 0.3) is 10.9 Å². The van der Waals surface area contributed by atoms with Gasteiger partial charge in [0.15, 0.2) is 0 Å². The van der Waals surface area contributed by atoms with Gasteiger partial charge < -0.3 is 15.5 Å². The fourth-order valence-electron chi connectivity index (χ4n) is 5.57. The van der Waals surface area contributed by atoms with Gasteiger partial charge in [0.25, 0.3) is 0 Å². The summed E-state index contributed by atoms with van der Waals surface area (Å²) in [5.74, 6) is 2.43. The molecule has 2 N–H and O–H groups in total. The number of fused-ring (bicyclic) bond motifs is 1. The fraction of sp³-hybridized carbons (Fsp3) is 0.593. The lowest BCUT2D eigenvalue weighted by Gasteiger charge is -2.37. The second kappa shape index (κ2) is 10.1. The zero-order valence-electron chi connectivity index (χ0n) is 20.5. The topological polar surface area (TPSA) is 70.2 Å². The van der Waals surface area contributed by atoms with Crippen LogP contribution in [-0.2, 0) is 4.79 Å². The summed E-state index contributed by atoms with van der Waals surface area (Å²) in [7, 11) is 4.04. The predicted octanol–water partition coefficient (Wildman–Crippen LogP) is 5.31. The molecule has 1 unspecified atom stereocenters. The molecule has 4 rings (SSSR count). The zero-order valence-corrected chi connectivity index (χ0v) is 20.5. The molecule has 2 aliphatic carbocycles. The van der Waals surface area contributed by atoms with Gasteiger partial charge in [0.2, 0.25) is 11.9 Å². The van der Waals surface area contributed by atoms with Gasteiger partial charge in [-0.05, 0) is 75.8 Å². The Morgan fingerprint density at radius 3 is 2.64 bits per heavy atom. The Labute approximate surface area is 198 Å². The van der Waals surface area contributed by atoms with Crippen molar-refractivity contribution in [3.05, 3.63) is 36.4 Å². The van der Waals surface area contributed by atoms with Crippen LogP contribution in [0.1, 0.15) is 64.7 Å². The number of para-hydroxylation sites is 1. The van der Waals surface area contributed by atoms with Crippen molar-refractivity contribution in [2.75, 3.05) is 30.9 Å². The molecule has 1 aromatic carbocycles. The maximum absolute atomic E-state index is 13.1. The zero-order chi connectivity index (χ0) is 23.4. The molecule has 6 nitrogen and oxygen atoms in total. The number of allylic oxidation sites excluding steroid dienone is 1. The van der Waals surface area contributed by atoms with Gasteiger partial charge in [0.05, 0.1) is 10.9 Å². The smallest absolute Gasteiger partial charge is 0.226 e. The first kappa shape index (κ1) is 23.5. The van der Waals surface area contributed by atoms with Crippen molar-refractivity contribution in [2.45, 2.75) is 70.8 Å². The van der Waals surface area contributed by atoms with Gasteiger partial charge in [-0.3, -0.25) is 4.79 Å². The molecule has 33 heavy (non-hydrogen) atoms. The number of benzene rings is 1. The van der Waals surface area contributed by atoms with Crippen LogP contribution in [0, 0.1) is 11.3 Å². The number of nitrogens with one attached hydrogen (secondary N) is 2. The van der Waals surface area contributed by atoms with Crippen LogP contribution >= 0.6 is 0 Å². The monoisotopic (exact) mass is 449 g/mol. The number of hydrogen-bond acceptors (Lipinski definition) is 5. The molecular formula is C27H39N5O. The van der Waals surface area contributed by atoms with E-state index in [0.717, 1.165) is 81.1 Å². The predicted molar refractivity (Wildman–Crippen MR) is 137 cm³/mol. The third-order valence-electron chi connectivity index (χ3n) is 7.67. The third kappa shape index (κ3) is 5.31. The normalized spacial score (nSPS) is 25.6. The second-order valence-electron chi connectivity index (χ2n) is 10.3. The number of hydrogen-bond donors (Lipinski definition) is 2. The van der Waals surface area contributed by atoms with E-state index in [1.807, 2.05) is 37.2 Å². The first-order valence-electron chi connectivity index (χ1n) is 12.6. The Balaban J connectivity index is 1.31. The number of carbonyl (C=O) groups excluding carboxylic acids is 1. The molecule has 0 spiro atoms. The minimum absolute atomic E-state index is 0.230. The molecule has 1 atom stereocenters. The highest BCUT2D eigenvalue weighted by Crippen LogP contribution is 2.41. The van der Waals surface area contributed by atoms with Gasteiger partial charge in [0.1, 0.15) is 5.82 Å². The standard InChI is InChI=1S/C27H39N5O/c1-5-27(16-8-9-19(2)17-27)25(33)28-18-20-12-14-21(15-13-20)29-26-30-23-11-7-6-10-22(23)24(31-26)32(3)4/h6-7,10-11,20-21H,2,5,8-9,12-18H2,1,3-4H3,(H,28,33)(H,29,30,31). The number of rotatable bonds is 7. The molecule has 6 heteroatoms. The van der Waals surface area contributed by atoms with E-state index < -0.39 is 0 Å². The highest BCUT2D eigenvalue weighted by molar-refractivity contribution is 5.90. The third-order valence-corrected chi connectivity index (χ3v) is 7.67. The van der Waals surface area contributed by atoms with Crippen LogP contribution < -0.4 is 15.5 Å². The Morgan fingerprint density at radius 1 is 1.18 bits per heavy atom. The van der Waals surface area contributed by atoms with Crippen molar-refractivity contribution in [3.63, 3.8) is 0 Å². The average Bonchev–Trinajstić information content (AvgIpc) is 2.82. The summed E-state index contributed by atoms with van der Waals surface area (Å²) in [6, 6.07) is 8.53. The van der Waals surface area contributed by atoms with Crippen molar-refractivity contribution >= 4 is 28.6 Å². The maximum atomic E-state index is 13.1. The Kier molecular flexibility index (Phi) is 7.20. The molecular weight excluding hydrogens is 410 g/mol. The minimum Gasteiger partial charge on any atom is -0.362 e. The number of carbonyl (C=O) groups is 1. The Bertz CT molecular complexity index is 995. The largest absolute Gasteiger partial charge is 0.362 e. The van der Waals surface area contributed by atoms with Crippen molar-refractivity contribution < 1.29 is 4.79 Å². The summed E-state index contributed by atoms with van der Waals surface area (Å²) in [6.07, 6.45) is 9.27. The number of anilines is 2. The van der Waals surface area contributed by atoms with Crippen LogP contribution in [0.4, 0.5) is 11.8 Å². The highest BCUT2D eigenvalue weighted by Gasteiger charge is 2.39. The van der Waals surface area contributed by atoms with Crippen molar-refractivity contribution in [2.24, 2.45) is 11.3 Å². The van der Waals surface area contributed by atoms with E-state index in [0.29, 0.717) is 17.9 Å². The molecule has 2 aliphatic rings. The molecule has 2 saturated carbocycles. The van der Waals surface area contributed by atoms with E-state index in [2.05, 4.69) is 30.2 Å². The minimum atomic E-state index is -0.230.